The Morgan fingerprint density at radius 2 is 1.75 bits per heavy atom. The van der Waals surface area contributed by atoms with Crippen molar-refractivity contribution < 1.29 is 0 Å². The van der Waals surface area contributed by atoms with Crippen molar-refractivity contribution in [2.24, 2.45) is 4.99 Å². The monoisotopic (exact) mass is 390 g/mol. The smallest absolute Gasteiger partial charge is 0.165 e. The number of thioether (sulfide) groups is 1. The summed E-state index contributed by atoms with van der Waals surface area (Å²) < 4.78 is 0. The zero-order chi connectivity index (χ0) is 19.6. The predicted molar refractivity (Wildman–Crippen MR) is 123 cm³/mol. The number of benzene rings is 2. The zero-order valence-corrected chi connectivity index (χ0v) is 17.6. The van der Waals surface area contributed by atoms with Gasteiger partial charge in [-0.3, -0.25) is 4.99 Å². The van der Waals surface area contributed by atoms with E-state index in [0.29, 0.717) is 6.54 Å². The lowest BCUT2D eigenvalue weighted by atomic mass is 10.0. The minimum Gasteiger partial charge on any atom is -0.335 e. The van der Waals surface area contributed by atoms with Crippen molar-refractivity contribution in [3.8, 4) is 0 Å². The fourth-order valence-corrected chi connectivity index (χ4v) is 4.67. The van der Waals surface area contributed by atoms with Gasteiger partial charge in [-0.1, -0.05) is 104 Å². The van der Waals surface area contributed by atoms with Crippen molar-refractivity contribution >= 4 is 16.9 Å². The van der Waals surface area contributed by atoms with Crippen LogP contribution in [0.1, 0.15) is 49.8 Å². The van der Waals surface area contributed by atoms with Gasteiger partial charge in [-0.05, 0) is 24.0 Å². The number of hydrogen-bond acceptors (Lipinski definition) is 2. The molecule has 1 unspecified atom stereocenters. The van der Waals surface area contributed by atoms with Gasteiger partial charge < -0.3 is 4.90 Å². The molecule has 2 aromatic carbocycles. The molecule has 0 bridgehead atoms. The van der Waals surface area contributed by atoms with Crippen LogP contribution in [0.5, 0.6) is 0 Å². The highest BCUT2D eigenvalue weighted by atomic mass is 32.2. The van der Waals surface area contributed by atoms with Gasteiger partial charge in [-0.15, -0.1) is 6.58 Å². The summed E-state index contributed by atoms with van der Waals surface area (Å²) in [5.74, 6) is 0. The second kappa shape index (κ2) is 10.9. The van der Waals surface area contributed by atoms with Crippen LogP contribution in [0, 0.1) is 0 Å². The molecule has 0 aromatic heterocycles. The number of allylic oxidation sites excluding steroid dienone is 1. The molecule has 0 spiro atoms. The second-order valence-corrected chi connectivity index (χ2v) is 8.08. The molecule has 2 aromatic rings. The Morgan fingerprint density at radius 1 is 1.04 bits per heavy atom. The van der Waals surface area contributed by atoms with Crippen LogP contribution in [0.2, 0.25) is 0 Å². The fourth-order valence-electron chi connectivity index (χ4n) is 3.46. The minimum absolute atomic E-state index is 0.233. The maximum absolute atomic E-state index is 4.84. The summed E-state index contributed by atoms with van der Waals surface area (Å²) in [6.45, 7) is 7.61. The van der Waals surface area contributed by atoms with E-state index in [0.717, 1.165) is 18.1 Å². The Kier molecular flexibility index (Phi) is 7.98. The third-order valence-corrected chi connectivity index (χ3v) is 6.03. The SMILES string of the molecule is C=CCN=C1S/C(=C\CCCCC)C(c2ccccc2)N1Cc1ccccc1. The lowest BCUT2D eigenvalue weighted by Crippen LogP contribution is -2.27. The number of unbranched alkanes of at least 4 members (excludes halogenated alkanes) is 3. The average molecular weight is 391 g/mol. The Morgan fingerprint density at radius 3 is 2.43 bits per heavy atom. The standard InChI is InChI=1S/C25H30N2S/c1-3-5-6-13-18-23-24(22-16-11-8-12-17-22)27(25(28-23)26-19-4-2)20-21-14-9-7-10-15-21/h4,7-12,14-18,24H,2-3,5-6,13,19-20H2,1H3/b23-18-,26-25?. The fraction of sp³-hybridized carbons (Fsp3) is 0.320. The van der Waals surface area contributed by atoms with Gasteiger partial charge in [0.05, 0.1) is 12.6 Å². The van der Waals surface area contributed by atoms with Crippen LogP contribution in [0.3, 0.4) is 0 Å². The normalized spacial score (nSPS) is 19.5. The third-order valence-electron chi connectivity index (χ3n) is 4.86. The first-order valence-corrected chi connectivity index (χ1v) is 11.0. The first kappa shape index (κ1) is 20.5. The van der Waals surface area contributed by atoms with Gasteiger partial charge in [0.25, 0.3) is 0 Å². The lowest BCUT2D eigenvalue weighted by molar-refractivity contribution is 0.368. The van der Waals surface area contributed by atoms with Crippen molar-refractivity contribution in [3.63, 3.8) is 0 Å². The van der Waals surface area contributed by atoms with Crippen molar-refractivity contribution in [1.82, 2.24) is 4.90 Å². The van der Waals surface area contributed by atoms with Crippen molar-refractivity contribution in [1.29, 1.82) is 0 Å². The lowest BCUT2D eigenvalue weighted by Gasteiger charge is -2.27. The topological polar surface area (TPSA) is 15.6 Å². The van der Waals surface area contributed by atoms with E-state index in [2.05, 4.69) is 85.1 Å². The molecule has 28 heavy (non-hydrogen) atoms. The average Bonchev–Trinajstić information content (AvgIpc) is 3.08. The summed E-state index contributed by atoms with van der Waals surface area (Å²) in [5.41, 5.74) is 2.64. The minimum atomic E-state index is 0.233. The molecule has 1 heterocycles. The molecule has 3 rings (SSSR count). The highest BCUT2D eigenvalue weighted by Gasteiger charge is 2.35. The molecule has 1 aliphatic heterocycles. The van der Waals surface area contributed by atoms with Crippen molar-refractivity contribution in [2.45, 2.75) is 45.2 Å². The first-order chi connectivity index (χ1) is 13.8. The van der Waals surface area contributed by atoms with Crippen LogP contribution in [0.4, 0.5) is 0 Å². The molecule has 1 fully saturated rings. The van der Waals surface area contributed by atoms with Gasteiger partial charge in [0.1, 0.15) is 0 Å². The quantitative estimate of drug-likeness (QED) is 0.339. The summed E-state index contributed by atoms with van der Waals surface area (Å²) in [4.78, 5) is 8.69. The summed E-state index contributed by atoms with van der Waals surface area (Å²) in [6.07, 6.45) is 9.23. The Hall–Kier alpha value is -2.26. The number of aliphatic imine (C=N–C) groups is 1. The maximum atomic E-state index is 4.84. The molecule has 1 aliphatic rings. The molecule has 2 nitrogen and oxygen atoms in total. The van der Waals surface area contributed by atoms with Crippen LogP contribution < -0.4 is 0 Å². The molecule has 146 valence electrons. The van der Waals surface area contributed by atoms with E-state index in [4.69, 9.17) is 4.99 Å². The van der Waals surface area contributed by atoms with Gasteiger partial charge in [0.2, 0.25) is 0 Å². The molecule has 0 radical (unpaired) electrons. The van der Waals surface area contributed by atoms with Gasteiger partial charge in [-0.2, -0.15) is 0 Å². The largest absolute Gasteiger partial charge is 0.335 e. The van der Waals surface area contributed by atoms with E-state index >= 15 is 0 Å². The first-order valence-electron chi connectivity index (χ1n) is 10.2. The van der Waals surface area contributed by atoms with Gasteiger partial charge in [0.15, 0.2) is 5.17 Å². The van der Waals surface area contributed by atoms with Gasteiger partial charge in [0, 0.05) is 11.4 Å². The highest BCUT2D eigenvalue weighted by molar-refractivity contribution is 8.17. The molecule has 1 atom stereocenters. The van der Waals surface area contributed by atoms with Crippen LogP contribution in [0.15, 0.2) is 89.3 Å². The van der Waals surface area contributed by atoms with E-state index in [1.807, 2.05) is 17.8 Å². The molecule has 0 N–H and O–H groups in total. The van der Waals surface area contributed by atoms with E-state index in [1.165, 1.54) is 35.3 Å². The number of rotatable bonds is 9. The Bertz CT molecular complexity index is 796. The van der Waals surface area contributed by atoms with Gasteiger partial charge in [-0.25, -0.2) is 0 Å². The molecule has 1 saturated heterocycles. The van der Waals surface area contributed by atoms with Crippen LogP contribution in [-0.4, -0.2) is 16.6 Å². The predicted octanol–water partition coefficient (Wildman–Crippen LogP) is 6.98. The van der Waals surface area contributed by atoms with Crippen LogP contribution in [0.25, 0.3) is 0 Å². The maximum Gasteiger partial charge on any atom is 0.165 e. The molecule has 3 heteroatoms. The van der Waals surface area contributed by atoms with E-state index < -0.39 is 0 Å². The Labute approximate surface area is 174 Å². The molecule has 0 saturated carbocycles. The molecular formula is C25H30N2S. The zero-order valence-electron chi connectivity index (χ0n) is 16.8. The number of hydrogen-bond donors (Lipinski definition) is 0. The van der Waals surface area contributed by atoms with E-state index in [-0.39, 0.29) is 6.04 Å². The highest BCUT2D eigenvalue weighted by Crippen LogP contribution is 2.46. The molecule has 0 amide bonds. The van der Waals surface area contributed by atoms with Crippen LogP contribution >= 0.6 is 11.8 Å². The van der Waals surface area contributed by atoms with E-state index in [1.54, 1.807) is 0 Å². The summed E-state index contributed by atoms with van der Waals surface area (Å²) in [5, 5.41) is 1.10. The van der Waals surface area contributed by atoms with Crippen molar-refractivity contribution in [2.75, 3.05) is 6.54 Å². The molecule has 0 aliphatic carbocycles. The molecular weight excluding hydrogens is 360 g/mol. The van der Waals surface area contributed by atoms with Gasteiger partial charge >= 0.3 is 0 Å². The van der Waals surface area contributed by atoms with E-state index in [9.17, 15) is 0 Å². The third kappa shape index (κ3) is 5.39. The second-order valence-electron chi connectivity index (χ2n) is 7.04. The van der Waals surface area contributed by atoms with Crippen molar-refractivity contribution in [3.05, 3.63) is 95.4 Å². The number of nitrogens with zero attached hydrogens (tertiary/aromatic N) is 2. The van der Waals surface area contributed by atoms with Crippen LogP contribution in [-0.2, 0) is 6.54 Å². The number of amidine groups is 1. The summed E-state index contributed by atoms with van der Waals surface area (Å²) >= 11 is 1.83. The summed E-state index contributed by atoms with van der Waals surface area (Å²) in [7, 11) is 0. The Balaban J connectivity index is 1.95. The summed E-state index contributed by atoms with van der Waals surface area (Å²) in [6, 6.07) is 21.7.